The largest absolute Gasteiger partial charge is 0.373 e. The average Bonchev–Trinajstić information content (AvgIpc) is 2.33. The van der Waals surface area contributed by atoms with Crippen molar-refractivity contribution in [2.45, 2.75) is 46.2 Å². The molecule has 0 spiro atoms. The average molecular weight is 248 g/mol. The Morgan fingerprint density at radius 1 is 1.33 bits per heavy atom. The zero-order chi connectivity index (χ0) is 13.1. The van der Waals surface area contributed by atoms with E-state index in [-0.39, 0.29) is 0 Å². The lowest BCUT2D eigenvalue weighted by Crippen LogP contribution is -2.40. The molecule has 0 aromatic carbocycles. The van der Waals surface area contributed by atoms with Crippen molar-refractivity contribution in [3.8, 4) is 0 Å². The van der Waals surface area contributed by atoms with Crippen LogP contribution in [0.3, 0.4) is 0 Å². The number of anilines is 1. The Kier molecular flexibility index (Phi) is 4.17. The van der Waals surface area contributed by atoms with E-state index in [1.165, 1.54) is 12.8 Å². The van der Waals surface area contributed by atoms with E-state index in [4.69, 9.17) is 0 Å². The van der Waals surface area contributed by atoms with E-state index in [1.54, 1.807) is 0 Å². The Morgan fingerprint density at radius 3 is 2.83 bits per heavy atom. The number of rotatable bonds is 3. The fourth-order valence-electron chi connectivity index (χ4n) is 2.61. The van der Waals surface area contributed by atoms with Crippen LogP contribution in [-0.4, -0.2) is 34.5 Å². The van der Waals surface area contributed by atoms with Crippen LogP contribution in [-0.2, 0) is 6.54 Å². The summed E-state index contributed by atoms with van der Waals surface area (Å²) in [6.45, 7) is 8.68. The molecule has 1 N–H and O–H groups in total. The van der Waals surface area contributed by atoms with Crippen molar-refractivity contribution < 1.29 is 0 Å². The number of likely N-dealkylation sites (tertiary alicyclic amines) is 1. The van der Waals surface area contributed by atoms with Crippen LogP contribution >= 0.6 is 0 Å². The molecule has 0 saturated carbocycles. The lowest BCUT2D eigenvalue weighted by Gasteiger charge is -2.36. The Morgan fingerprint density at radius 2 is 2.11 bits per heavy atom. The van der Waals surface area contributed by atoms with Gasteiger partial charge in [-0.1, -0.05) is 6.92 Å². The lowest BCUT2D eigenvalue weighted by atomic mass is 9.95. The summed E-state index contributed by atoms with van der Waals surface area (Å²) in [6.07, 6.45) is 2.62. The van der Waals surface area contributed by atoms with Crippen molar-refractivity contribution in [3.63, 3.8) is 0 Å². The highest BCUT2D eigenvalue weighted by atomic mass is 15.2. The molecule has 0 amide bonds. The Hall–Kier alpha value is -1.16. The third kappa shape index (κ3) is 3.19. The zero-order valence-corrected chi connectivity index (χ0v) is 11.9. The normalized spacial score (nSPS) is 25.1. The quantitative estimate of drug-likeness (QED) is 0.892. The first-order chi connectivity index (χ1) is 8.58. The van der Waals surface area contributed by atoms with Crippen molar-refractivity contribution in [1.82, 2.24) is 14.9 Å². The second kappa shape index (κ2) is 5.65. The van der Waals surface area contributed by atoms with Gasteiger partial charge in [-0.05, 0) is 32.6 Å². The van der Waals surface area contributed by atoms with Gasteiger partial charge in [0.1, 0.15) is 11.6 Å². The number of piperidine rings is 1. The van der Waals surface area contributed by atoms with Crippen LogP contribution < -0.4 is 5.32 Å². The molecule has 1 saturated heterocycles. The van der Waals surface area contributed by atoms with Crippen LogP contribution in [0, 0.1) is 12.8 Å². The molecular weight excluding hydrogens is 224 g/mol. The number of nitrogens with one attached hydrogen (secondary N) is 1. The first-order valence-electron chi connectivity index (χ1n) is 6.85. The molecule has 2 atom stereocenters. The molecule has 4 nitrogen and oxygen atoms in total. The molecule has 4 heteroatoms. The predicted molar refractivity (Wildman–Crippen MR) is 74.6 cm³/mol. The van der Waals surface area contributed by atoms with Crippen LogP contribution in [0.25, 0.3) is 0 Å². The highest BCUT2D eigenvalue weighted by Crippen LogP contribution is 2.22. The van der Waals surface area contributed by atoms with Gasteiger partial charge >= 0.3 is 0 Å². The summed E-state index contributed by atoms with van der Waals surface area (Å²) in [7, 11) is 1.90. The third-order valence-corrected chi connectivity index (χ3v) is 3.75. The molecule has 18 heavy (non-hydrogen) atoms. The maximum atomic E-state index is 4.54. The monoisotopic (exact) mass is 248 g/mol. The standard InChI is InChI=1S/C14H24N4/c1-10-5-6-12(3)18(8-10)9-14-16-11(2)7-13(15-4)17-14/h7,10,12H,5-6,8-9H2,1-4H3,(H,15,16,17). The van der Waals surface area contributed by atoms with Gasteiger partial charge in [-0.3, -0.25) is 4.90 Å². The number of aryl methyl sites for hydroxylation is 1. The van der Waals surface area contributed by atoms with Gasteiger partial charge in [-0.25, -0.2) is 9.97 Å². The first kappa shape index (κ1) is 13.3. The summed E-state index contributed by atoms with van der Waals surface area (Å²) in [5.41, 5.74) is 1.03. The highest BCUT2D eigenvalue weighted by molar-refractivity contribution is 5.34. The van der Waals surface area contributed by atoms with E-state index < -0.39 is 0 Å². The minimum atomic E-state index is 0.642. The molecule has 1 aliphatic rings. The minimum absolute atomic E-state index is 0.642. The van der Waals surface area contributed by atoms with Crippen molar-refractivity contribution in [3.05, 3.63) is 17.6 Å². The molecule has 2 heterocycles. The van der Waals surface area contributed by atoms with Crippen molar-refractivity contribution in [1.29, 1.82) is 0 Å². The van der Waals surface area contributed by atoms with Crippen LogP contribution in [0.1, 0.15) is 38.2 Å². The summed E-state index contributed by atoms with van der Waals surface area (Å²) in [5, 5.41) is 3.10. The molecular formula is C14H24N4. The Bertz CT molecular complexity index is 405. The number of hydrogen-bond acceptors (Lipinski definition) is 4. The van der Waals surface area contributed by atoms with Gasteiger partial charge < -0.3 is 5.32 Å². The summed E-state index contributed by atoms with van der Waals surface area (Å²) in [4.78, 5) is 11.6. The third-order valence-electron chi connectivity index (χ3n) is 3.75. The summed E-state index contributed by atoms with van der Waals surface area (Å²) >= 11 is 0. The molecule has 2 unspecified atom stereocenters. The predicted octanol–water partition coefficient (Wildman–Crippen LogP) is 2.45. The molecule has 2 rings (SSSR count). The molecule has 0 radical (unpaired) electrons. The highest BCUT2D eigenvalue weighted by Gasteiger charge is 2.23. The Labute approximate surface area is 110 Å². The smallest absolute Gasteiger partial charge is 0.144 e. The molecule has 1 aromatic rings. The van der Waals surface area contributed by atoms with Crippen molar-refractivity contribution >= 4 is 5.82 Å². The van der Waals surface area contributed by atoms with Crippen LogP contribution in [0.5, 0.6) is 0 Å². The summed E-state index contributed by atoms with van der Waals surface area (Å²) in [5.74, 6) is 2.63. The SMILES string of the molecule is CNc1cc(C)nc(CN2CC(C)CCC2C)n1. The maximum Gasteiger partial charge on any atom is 0.144 e. The van der Waals surface area contributed by atoms with Gasteiger partial charge in [0.25, 0.3) is 0 Å². The van der Waals surface area contributed by atoms with Gasteiger partial charge in [0.15, 0.2) is 0 Å². The first-order valence-corrected chi connectivity index (χ1v) is 6.85. The maximum absolute atomic E-state index is 4.54. The van der Waals surface area contributed by atoms with Gasteiger partial charge in [0, 0.05) is 31.4 Å². The minimum Gasteiger partial charge on any atom is -0.373 e. The van der Waals surface area contributed by atoms with Gasteiger partial charge in [-0.15, -0.1) is 0 Å². The van der Waals surface area contributed by atoms with E-state index in [0.29, 0.717) is 6.04 Å². The van der Waals surface area contributed by atoms with E-state index in [0.717, 1.165) is 36.3 Å². The van der Waals surface area contributed by atoms with Gasteiger partial charge in [0.05, 0.1) is 6.54 Å². The molecule has 1 aliphatic heterocycles. The van der Waals surface area contributed by atoms with Crippen LogP contribution in [0.15, 0.2) is 6.07 Å². The summed E-state index contributed by atoms with van der Waals surface area (Å²) < 4.78 is 0. The van der Waals surface area contributed by atoms with E-state index in [9.17, 15) is 0 Å². The zero-order valence-electron chi connectivity index (χ0n) is 11.9. The number of hydrogen-bond donors (Lipinski definition) is 1. The summed E-state index contributed by atoms with van der Waals surface area (Å²) in [6, 6.07) is 2.62. The lowest BCUT2D eigenvalue weighted by molar-refractivity contribution is 0.114. The Balaban J connectivity index is 2.10. The van der Waals surface area contributed by atoms with E-state index in [1.807, 2.05) is 20.0 Å². The fourth-order valence-corrected chi connectivity index (χ4v) is 2.61. The molecule has 1 fully saturated rings. The molecule has 0 aliphatic carbocycles. The van der Waals surface area contributed by atoms with Crippen molar-refractivity contribution in [2.24, 2.45) is 5.92 Å². The number of aromatic nitrogens is 2. The second-order valence-electron chi connectivity index (χ2n) is 5.52. The van der Waals surface area contributed by atoms with Crippen molar-refractivity contribution in [2.75, 3.05) is 18.9 Å². The number of nitrogens with zero attached hydrogens (tertiary/aromatic N) is 3. The molecule has 100 valence electrons. The van der Waals surface area contributed by atoms with Gasteiger partial charge in [0.2, 0.25) is 0 Å². The van der Waals surface area contributed by atoms with Crippen LogP contribution in [0.4, 0.5) is 5.82 Å². The second-order valence-corrected chi connectivity index (χ2v) is 5.52. The van der Waals surface area contributed by atoms with Gasteiger partial charge in [-0.2, -0.15) is 0 Å². The van der Waals surface area contributed by atoms with Crippen LogP contribution in [0.2, 0.25) is 0 Å². The van der Waals surface area contributed by atoms with E-state index in [2.05, 4.69) is 34.0 Å². The molecule has 0 bridgehead atoms. The molecule has 1 aromatic heterocycles. The fraction of sp³-hybridized carbons (Fsp3) is 0.714. The topological polar surface area (TPSA) is 41.1 Å². The van der Waals surface area contributed by atoms with E-state index >= 15 is 0 Å².